The summed E-state index contributed by atoms with van der Waals surface area (Å²) in [7, 11) is 2.19. The van der Waals surface area contributed by atoms with Crippen LogP contribution in [0, 0.1) is 13.8 Å². The fourth-order valence-corrected chi connectivity index (χ4v) is 3.35. The van der Waals surface area contributed by atoms with Gasteiger partial charge in [0.25, 0.3) is 0 Å². The summed E-state index contributed by atoms with van der Waals surface area (Å²) in [5, 5.41) is 0. The van der Waals surface area contributed by atoms with Gasteiger partial charge in [-0.1, -0.05) is 6.07 Å². The lowest BCUT2D eigenvalue weighted by Gasteiger charge is -2.43. The highest BCUT2D eigenvalue weighted by molar-refractivity contribution is 5.48. The van der Waals surface area contributed by atoms with Gasteiger partial charge in [-0.25, -0.2) is 0 Å². The lowest BCUT2D eigenvalue weighted by Crippen LogP contribution is -2.53. The number of benzene rings is 1. The van der Waals surface area contributed by atoms with E-state index < -0.39 is 0 Å². The second-order valence-corrected chi connectivity index (χ2v) is 6.18. The summed E-state index contributed by atoms with van der Waals surface area (Å²) in [6, 6.07) is 4.61. The zero-order chi connectivity index (χ0) is 14.3. The molecule has 110 valence electrons. The number of ether oxygens (including phenoxy) is 1. The molecule has 0 aliphatic carbocycles. The minimum Gasteiger partial charge on any atom is -0.492 e. The summed E-state index contributed by atoms with van der Waals surface area (Å²) in [6.45, 7) is 9.37. The number of hydrogen-bond donors (Lipinski definition) is 1. The molecule has 2 N–H and O–H groups in total. The van der Waals surface area contributed by atoms with Gasteiger partial charge in [-0.3, -0.25) is 4.90 Å². The monoisotopic (exact) mass is 275 g/mol. The molecule has 1 fully saturated rings. The van der Waals surface area contributed by atoms with Crippen LogP contribution < -0.4 is 10.5 Å². The topological polar surface area (TPSA) is 41.7 Å². The Bertz CT molecular complexity index is 495. The number of rotatable bonds is 1. The number of likely N-dealkylation sites (N-methyl/N-ethyl adjacent to an activating group) is 1. The molecule has 3 rings (SSSR count). The molecule has 20 heavy (non-hydrogen) atoms. The lowest BCUT2D eigenvalue weighted by atomic mass is 9.89. The molecule has 0 bridgehead atoms. The van der Waals surface area contributed by atoms with Crippen LogP contribution in [0.25, 0.3) is 0 Å². The highest BCUT2D eigenvalue weighted by atomic mass is 16.5. The third-order valence-corrected chi connectivity index (χ3v) is 4.81. The van der Waals surface area contributed by atoms with Gasteiger partial charge in [-0.05, 0) is 38.1 Å². The van der Waals surface area contributed by atoms with E-state index in [9.17, 15) is 0 Å². The fraction of sp³-hybridized carbons (Fsp3) is 0.625. The van der Waals surface area contributed by atoms with Crippen molar-refractivity contribution in [2.24, 2.45) is 5.73 Å². The Morgan fingerprint density at radius 3 is 2.55 bits per heavy atom. The maximum atomic E-state index is 6.40. The van der Waals surface area contributed by atoms with Gasteiger partial charge in [0, 0.05) is 31.7 Å². The largest absolute Gasteiger partial charge is 0.492 e. The summed E-state index contributed by atoms with van der Waals surface area (Å²) in [6.07, 6.45) is 0. The van der Waals surface area contributed by atoms with Crippen molar-refractivity contribution in [1.29, 1.82) is 0 Å². The average molecular weight is 275 g/mol. The first-order valence-electron chi connectivity index (χ1n) is 7.49. The van der Waals surface area contributed by atoms with Gasteiger partial charge in [0.15, 0.2) is 0 Å². The quantitative estimate of drug-likeness (QED) is 0.839. The molecule has 2 aliphatic heterocycles. The Balaban J connectivity index is 1.97. The molecule has 2 atom stereocenters. The van der Waals surface area contributed by atoms with Gasteiger partial charge in [0.1, 0.15) is 12.4 Å². The molecule has 2 unspecified atom stereocenters. The number of aryl methyl sites for hydroxylation is 1. The lowest BCUT2D eigenvalue weighted by molar-refractivity contribution is 0.0719. The highest BCUT2D eigenvalue weighted by Crippen LogP contribution is 2.39. The van der Waals surface area contributed by atoms with E-state index in [2.05, 4.69) is 42.8 Å². The van der Waals surface area contributed by atoms with Crippen molar-refractivity contribution in [3.63, 3.8) is 0 Å². The molecule has 1 saturated heterocycles. The minimum atomic E-state index is 0.0615. The van der Waals surface area contributed by atoms with Crippen LogP contribution in [0.4, 0.5) is 0 Å². The van der Waals surface area contributed by atoms with Crippen molar-refractivity contribution >= 4 is 0 Å². The molecule has 4 nitrogen and oxygen atoms in total. The molecule has 1 aromatic carbocycles. The van der Waals surface area contributed by atoms with Crippen molar-refractivity contribution in [3.05, 3.63) is 28.8 Å². The predicted molar refractivity (Wildman–Crippen MR) is 81.2 cm³/mol. The smallest absolute Gasteiger partial charge is 0.124 e. The summed E-state index contributed by atoms with van der Waals surface area (Å²) in [5.41, 5.74) is 10.4. The van der Waals surface area contributed by atoms with Crippen LogP contribution in [0.1, 0.15) is 22.7 Å². The zero-order valence-electron chi connectivity index (χ0n) is 12.7. The molecule has 0 amide bonds. The number of fused-ring (bicyclic) bond motifs is 1. The first-order valence-corrected chi connectivity index (χ1v) is 7.49. The van der Waals surface area contributed by atoms with Gasteiger partial charge in [0.05, 0.1) is 12.1 Å². The van der Waals surface area contributed by atoms with Crippen molar-refractivity contribution < 1.29 is 4.74 Å². The van der Waals surface area contributed by atoms with E-state index in [1.807, 2.05) is 0 Å². The van der Waals surface area contributed by atoms with E-state index in [1.54, 1.807) is 0 Å². The maximum absolute atomic E-state index is 6.40. The second kappa shape index (κ2) is 5.35. The van der Waals surface area contributed by atoms with E-state index in [-0.39, 0.29) is 6.04 Å². The summed E-state index contributed by atoms with van der Waals surface area (Å²) < 4.78 is 5.85. The van der Waals surface area contributed by atoms with Crippen LogP contribution >= 0.6 is 0 Å². The standard InChI is InChI=1S/C16H25N3O/c1-11-4-5-14-15(12(11)2)16(13(17)10-20-14)19-8-6-18(3)7-9-19/h4-5,13,16H,6-10,17H2,1-3H3. The molecule has 0 radical (unpaired) electrons. The van der Waals surface area contributed by atoms with Crippen LogP contribution in [0.5, 0.6) is 5.75 Å². The molecule has 0 aromatic heterocycles. The summed E-state index contributed by atoms with van der Waals surface area (Å²) in [4.78, 5) is 4.92. The van der Waals surface area contributed by atoms with Crippen LogP contribution in [0.2, 0.25) is 0 Å². The first-order chi connectivity index (χ1) is 9.58. The molecule has 2 aliphatic rings. The van der Waals surface area contributed by atoms with Crippen LogP contribution in [0.15, 0.2) is 12.1 Å². The van der Waals surface area contributed by atoms with Gasteiger partial charge in [-0.2, -0.15) is 0 Å². The van der Waals surface area contributed by atoms with Crippen molar-refractivity contribution in [1.82, 2.24) is 9.80 Å². The summed E-state index contributed by atoms with van der Waals surface area (Å²) in [5.74, 6) is 1.03. The minimum absolute atomic E-state index is 0.0615. The van der Waals surface area contributed by atoms with Crippen molar-refractivity contribution in [3.8, 4) is 5.75 Å². The molecule has 0 saturated carbocycles. The van der Waals surface area contributed by atoms with Crippen molar-refractivity contribution in [2.75, 3.05) is 39.8 Å². The Labute approximate surface area is 121 Å². The summed E-state index contributed by atoms with van der Waals surface area (Å²) >= 11 is 0. The predicted octanol–water partition coefficient (Wildman–Crippen LogP) is 1.31. The SMILES string of the molecule is Cc1ccc2c(c1C)C(N1CCN(C)CC1)C(N)CO2. The third-order valence-electron chi connectivity index (χ3n) is 4.81. The molecule has 0 spiro atoms. The highest BCUT2D eigenvalue weighted by Gasteiger charge is 2.35. The number of piperazine rings is 1. The van der Waals surface area contributed by atoms with Gasteiger partial charge in [-0.15, -0.1) is 0 Å². The average Bonchev–Trinajstić information content (AvgIpc) is 2.44. The van der Waals surface area contributed by atoms with E-state index in [0.29, 0.717) is 12.6 Å². The molecule has 1 aromatic rings. The second-order valence-electron chi connectivity index (χ2n) is 6.18. The number of nitrogens with zero attached hydrogens (tertiary/aromatic N) is 2. The van der Waals surface area contributed by atoms with Crippen LogP contribution in [0.3, 0.4) is 0 Å². The Kier molecular flexibility index (Phi) is 3.71. The molecular weight excluding hydrogens is 250 g/mol. The molecule has 4 heteroatoms. The van der Waals surface area contributed by atoms with E-state index in [0.717, 1.165) is 31.9 Å². The molecular formula is C16H25N3O. The van der Waals surface area contributed by atoms with E-state index in [1.165, 1.54) is 16.7 Å². The zero-order valence-corrected chi connectivity index (χ0v) is 12.7. The number of hydrogen-bond acceptors (Lipinski definition) is 4. The number of nitrogens with two attached hydrogens (primary N) is 1. The Morgan fingerprint density at radius 2 is 1.85 bits per heavy atom. The van der Waals surface area contributed by atoms with Crippen molar-refractivity contribution in [2.45, 2.75) is 25.9 Å². The maximum Gasteiger partial charge on any atom is 0.124 e. The van der Waals surface area contributed by atoms with Crippen LogP contribution in [-0.4, -0.2) is 55.7 Å². The van der Waals surface area contributed by atoms with Gasteiger partial charge in [0.2, 0.25) is 0 Å². The fourth-order valence-electron chi connectivity index (χ4n) is 3.35. The first kappa shape index (κ1) is 13.9. The Morgan fingerprint density at radius 1 is 1.15 bits per heavy atom. The van der Waals surface area contributed by atoms with Crippen LogP contribution in [-0.2, 0) is 0 Å². The third kappa shape index (κ3) is 2.32. The Hall–Kier alpha value is -1.10. The van der Waals surface area contributed by atoms with E-state index in [4.69, 9.17) is 10.5 Å². The van der Waals surface area contributed by atoms with E-state index >= 15 is 0 Å². The molecule has 2 heterocycles. The van der Waals surface area contributed by atoms with Gasteiger partial charge < -0.3 is 15.4 Å². The van der Waals surface area contributed by atoms with Gasteiger partial charge >= 0.3 is 0 Å². The normalized spacial score (nSPS) is 28.0.